The fourth-order valence-corrected chi connectivity index (χ4v) is 4.76. The van der Waals surface area contributed by atoms with Crippen molar-refractivity contribution < 1.29 is 9.53 Å². The van der Waals surface area contributed by atoms with Crippen LogP contribution in [0.3, 0.4) is 0 Å². The van der Waals surface area contributed by atoms with Crippen LogP contribution >= 0.6 is 0 Å². The number of hydrogen-bond acceptors (Lipinski definition) is 5. The smallest absolute Gasteiger partial charge is 0.273 e. The molecule has 7 heteroatoms. The molecule has 1 saturated heterocycles. The zero-order chi connectivity index (χ0) is 21.0. The Morgan fingerprint density at radius 2 is 1.86 bits per heavy atom. The molecular formula is C22H36N4O3. The van der Waals surface area contributed by atoms with Crippen molar-refractivity contribution in [3.63, 3.8) is 0 Å². The van der Waals surface area contributed by atoms with Crippen LogP contribution in [0.2, 0.25) is 0 Å². The highest BCUT2D eigenvalue weighted by Gasteiger charge is 2.33. The molecule has 3 rings (SSSR count). The van der Waals surface area contributed by atoms with Gasteiger partial charge in [0, 0.05) is 25.0 Å². The van der Waals surface area contributed by atoms with Crippen molar-refractivity contribution in [2.45, 2.75) is 84.7 Å². The van der Waals surface area contributed by atoms with Gasteiger partial charge >= 0.3 is 0 Å². The summed E-state index contributed by atoms with van der Waals surface area (Å²) in [5.74, 6) is 1.56. The van der Waals surface area contributed by atoms with Crippen molar-refractivity contribution in [1.82, 2.24) is 20.1 Å². The number of nitrogens with one attached hydrogen (secondary N) is 1. The van der Waals surface area contributed by atoms with Gasteiger partial charge in [0.25, 0.3) is 5.56 Å². The molecule has 2 heterocycles. The molecule has 0 aromatic carbocycles. The molecular weight excluding hydrogens is 368 g/mol. The Morgan fingerprint density at radius 3 is 2.45 bits per heavy atom. The Kier molecular flexibility index (Phi) is 7.09. The summed E-state index contributed by atoms with van der Waals surface area (Å²) in [6, 6.07) is 0. The van der Waals surface area contributed by atoms with Crippen molar-refractivity contribution in [3.8, 4) is 0 Å². The largest absolute Gasteiger partial charge is 0.381 e. The van der Waals surface area contributed by atoms with Gasteiger partial charge < -0.3 is 10.1 Å². The maximum Gasteiger partial charge on any atom is 0.273 e. The highest BCUT2D eigenvalue weighted by atomic mass is 16.5. The van der Waals surface area contributed by atoms with Gasteiger partial charge in [-0.3, -0.25) is 14.2 Å². The second-order valence-corrected chi connectivity index (χ2v) is 9.64. The maximum atomic E-state index is 13.0. The van der Waals surface area contributed by atoms with Crippen LogP contribution in [0.15, 0.2) is 11.0 Å². The van der Waals surface area contributed by atoms with E-state index in [1.165, 1.54) is 6.20 Å². The van der Waals surface area contributed by atoms with Crippen molar-refractivity contribution in [3.05, 3.63) is 22.4 Å². The Balaban J connectivity index is 1.72. The van der Waals surface area contributed by atoms with E-state index in [2.05, 4.69) is 36.3 Å². The highest BCUT2D eigenvalue weighted by Crippen LogP contribution is 2.40. The van der Waals surface area contributed by atoms with E-state index < -0.39 is 0 Å². The number of carbonyl (C=O) groups is 1. The summed E-state index contributed by atoms with van der Waals surface area (Å²) in [6.45, 7) is 10.2. The normalized spacial score (nSPS) is 24.8. The first kappa shape index (κ1) is 21.9. The van der Waals surface area contributed by atoms with Crippen molar-refractivity contribution in [1.29, 1.82) is 0 Å². The van der Waals surface area contributed by atoms with E-state index in [0.717, 1.165) is 38.5 Å². The monoisotopic (exact) mass is 404 g/mol. The highest BCUT2D eigenvalue weighted by molar-refractivity contribution is 5.78. The zero-order valence-corrected chi connectivity index (χ0v) is 18.3. The van der Waals surface area contributed by atoms with Gasteiger partial charge in [-0.05, 0) is 56.3 Å². The Morgan fingerprint density at radius 1 is 1.21 bits per heavy atom. The van der Waals surface area contributed by atoms with Crippen LogP contribution in [0.5, 0.6) is 0 Å². The van der Waals surface area contributed by atoms with Gasteiger partial charge in [0.1, 0.15) is 18.2 Å². The molecule has 0 spiro atoms. The molecule has 1 aromatic heterocycles. The van der Waals surface area contributed by atoms with Crippen LogP contribution in [0.4, 0.5) is 0 Å². The summed E-state index contributed by atoms with van der Waals surface area (Å²) in [6.07, 6.45) is 7.13. The number of hydrogen-bond donors (Lipinski definition) is 1. The molecule has 29 heavy (non-hydrogen) atoms. The standard InChI is InChI=1S/C22H36N4O3/c1-5-18(24-21(28)16-6-8-17(9-7-16)22(2,3)4)26-19(27)14-23-25-20(26)15-10-12-29-13-11-15/h14-18H,5-13H2,1-4H3,(H,24,28). The summed E-state index contributed by atoms with van der Waals surface area (Å²) in [7, 11) is 0. The number of amides is 1. The predicted molar refractivity (Wildman–Crippen MR) is 111 cm³/mol. The van der Waals surface area contributed by atoms with Gasteiger partial charge in [-0.1, -0.05) is 27.7 Å². The lowest BCUT2D eigenvalue weighted by atomic mass is 9.69. The molecule has 1 unspecified atom stereocenters. The number of rotatable bonds is 5. The third kappa shape index (κ3) is 5.24. The van der Waals surface area contributed by atoms with Gasteiger partial charge in [-0.2, -0.15) is 5.10 Å². The molecule has 1 aromatic rings. The summed E-state index contributed by atoms with van der Waals surface area (Å²) in [5.41, 5.74) is 0.0901. The number of aromatic nitrogens is 3. The first-order valence-corrected chi connectivity index (χ1v) is 11.1. The molecule has 7 nitrogen and oxygen atoms in total. The minimum atomic E-state index is -0.385. The molecule has 2 fully saturated rings. The topological polar surface area (TPSA) is 86.1 Å². The number of ether oxygens (including phenoxy) is 1. The summed E-state index contributed by atoms with van der Waals surface area (Å²) >= 11 is 0. The van der Waals surface area contributed by atoms with E-state index in [-0.39, 0.29) is 29.5 Å². The third-order valence-corrected chi connectivity index (χ3v) is 6.73. The molecule has 1 amide bonds. The molecule has 1 aliphatic heterocycles. The second-order valence-electron chi connectivity index (χ2n) is 9.64. The maximum absolute atomic E-state index is 13.0. The van der Waals surface area contributed by atoms with Gasteiger partial charge in [-0.25, -0.2) is 0 Å². The average Bonchev–Trinajstić information content (AvgIpc) is 2.72. The molecule has 1 N–H and O–H groups in total. The van der Waals surface area contributed by atoms with Crippen LogP contribution in [0, 0.1) is 17.3 Å². The minimum Gasteiger partial charge on any atom is -0.381 e. The van der Waals surface area contributed by atoms with E-state index in [4.69, 9.17) is 4.74 Å². The lowest BCUT2D eigenvalue weighted by molar-refractivity contribution is -0.128. The van der Waals surface area contributed by atoms with Crippen LogP contribution in [-0.4, -0.2) is 33.9 Å². The molecule has 162 valence electrons. The average molecular weight is 405 g/mol. The molecule has 0 bridgehead atoms. The summed E-state index contributed by atoms with van der Waals surface area (Å²) < 4.78 is 7.10. The first-order valence-electron chi connectivity index (χ1n) is 11.1. The Labute approximate surface area is 173 Å². The van der Waals surface area contributed by atoms with Gasteiger partial charge in [-0.15, -0.1) is 5.10 Å². The van der Waals surface area contributed by atoms with E-state index in [1.807, 2.05) is 6.92 Å². The number of nitrogens with zero attached hydrogens (tertiary/aromatic N) is 3. The predicted octanol–water partition coefficient (Wildman–Crippen LogP) is 3.41. The van der Waals surface area contributed by atoms with E-state index in [0.29, 0.717) is 36.8 Å². The number of carbonyl (C=O) groups excluding carboxylic acids is 1. The lowest BCUT2D eigenvalue weighted by Gasteiger charge is -2.37. The zero-order valence-electron chi connectivity index (χ0n) is 18.3. The molecule has 2 aliphatic rings. The Bertz CT molecular complexity index is 741. The summed E-state index contributed by atoms with van der Waals surface area (Å²) in [5, 5.41) is 11.3. The van der Waals surface area contributed by atoms with Gasteiger partial charge in [0.2, 0.25) is 5.91 Å². The first-order chi connectivity index (χ1) is 13.8. The van der Waals surface area contributed by atoms with Crippen LogP contribution in [0.1, 0.15) is 90.5 Å². The molecule has 0 radical (unpaired) electrons. The third-order valence-electron chi connectivity index (χ3n) is 6.73. The quantitative estimate of drug-likeness (QED) is 0.813. The minimum absolute atomic E-state index is 0.0275. The fourth-order valence-electron chi connectivity index (χ4n) is 4.76. The molecule has 1 aliphatic carbocycles. The van der Waals surface area contributed by atoms with Crippen LogP contribution in [-0.2, 0) is 9.53 Å². The summed E-state index contributed by atoms with van der Waals surface area (Å²) in [4.78, 5) is 25.7. The van der Waals surface area contributed by atoms with Crippen molar-refractivity contribution in [2.75, 3.05) is 13.2 Å². The van der Waals surface area contributed by atoms with E-state index in [1.54, 1.807) is 4.57 Å². The molecule has 1 atom stereocenters. The SMILES string of the molecule is CCC(NC(=O)C1CCC(C(C)(C)C)CC1)n1c(C2CCOCC2)nncc1=O. The molecule has 1 saturated carbocycles. The van der Waals surface area contributed by atoms with E-state index >= 15 is 0 Å². The van der Waals surface area contributed by atoms with Crippen molar-refractivity contribution >= 4 is 5.91 Å². The van der Waals surface area contributed by atoms with Gasteiger partial charge in [0.05, 0.1) is 0 Å². The van der Waals surface area contributed by atoms with Gasteiger partial charge in [0.15, 0.2) is 0 Å². The van der Waals surface area contributed by atoms with E-state index in [9.17, 15) is 9.59 Å². The Hall–Kier alpha value is -1.76. The second kappa shape index (κ2) is 9.37. The van der Waals surface area contributed by atoms with Crippen LogP contribution < -0.4 is 10.9 Å². The fraction of sp³-hybridized carbons (Fsp3) is 0.818. The van der Waals surface area contributed by atoms with Crippen molar-refractivity contribution in [2.24, 2.45) is 17.3 Å². The lowest BCUT2D eigenvalue weighted by Crippen LogP contribution is -2.43. The van der Waals surface area contributed by atoms with Crippen LogP contribution in [0.25, 0.3) is 0 Å².